The minimum Gasteiger partial charge on any atom is -0.379 e. The van der Waals surface area contributed by atoms with Crippen LogP contribution < -0.4 is 16.4 Å². The number of likely N-dealkylation sites (tertiary alicyclic amines) is 1. The monoisotopic (exact) mass is 772 g/mol. The van der Waals surface area contributed by atoms with Crippen molar-refractivity contribution in [3.05, 3.63) is 52.5 Å². The van der Waals surface area contributed by atoms with Gasteiger partial charge in [0.1, 0.15) is 5.01 Å². The minimum atomic E-state index is -2.27. The van der Waals surface area contributed by atoms with E-state index in [0.717, 1.165) is 17.0 Å². The van der Waals surface area contributed by atoms with Crippen LogP contribution in [-0.4, -0.2) is 115 Å². The second-order valence-electron chi connectivity index (χ2n) is 15.4. The molecule has 12 nitrogen and oxygen atoms in total. The van der Waals surface area contributed by atoms with Crippen LogP contribution in [-0.2, 0) is 35.1 Å². The number of thiazole rings is 1. The van der Waals surface area contributed by atoms with Crippen LogP contribution in [0.1, 0.15) is 83.3 Å². The van der Waals surface area contributed by atoms with Crippen molar-refractivity contribution >= 4 is 34.8 Å². The molecule has 2 aliphatic rings. The van der Waals surface area contributed by atoms with Gasteiger partial charge in [-0.05, 0) is 50.3 Å². The van der Waals surface area contributed by atoms with Gasteiger partial charge >= 0.3 is 0 Å². The summed E-state index contributed by atoms with van der Waals surface area (Å²) in [5, 5.41) is 8.81. The number of nitrogens with two attached hydrogens (primary N) is 1. The Balaban J connectivity index is 1.57. The first-order valence-corrected chi connectivity index (χ1v) is 20.1. The fourth-order valence-corrected chi connectivity index (χ4v) is 9.44. The summed E-state index contributed by atoms with van der Waals surface area (Å²) in [5.74, 6) is -3.66. The lowest BCUT2D eigenvalue weighted by atomic mass is 9.72. The number of ketones is 1. The largest absolute Gasteiger partial charge is 0.379 e. The second kappa shape index (κ2) is 19.0. The number of ether oxygens (including phenoxy) is 2. The molecular formula is C40H61FN6O6S. The third-order valence-electron chi connectivity index (χ3n) is 11.9. The summed E-state index contributed by atoms with van der Waals surface area (Å²) in [7, 11) is 4.69. The lowest BCUT2D eigenvalue weighted by Crippen LogP contribution is -2.73. The van der Waals surface area contributed by atoms with Crippen LogP contribution in [0.25, 0.3) is 0 Å². The Morgan fingerprint density at radius 2 is 1.87 bits per heavy atom. The number of halogens is 1. The molecule has 0 bridgehead atoms. The molecule has 14 heteroatoms. The molecule has 1 aromatic carbocycles. The van der Waals surface area contributed by atoms with Gasteiger partial charge in [-0.25, -0.2) is 9.37 Å². The third kappa shape index (κ3) is 9.04. The molecule has 300 valence electrons. The van der Waals surface area contributed by atoms with Gasteiger partial charge in [0.15, 0.2) is 11.2 Å². The van der Waals surface area contributed by atoms with Crippen molar-refractivity contribution < 1.29 is 33.0 Å². The number of carbonyl (C=O) groups excluding carboxylic acids is 4. The van der Waals surface area contributed by atoms with Crippen LogP contribution in [0.3, 0.4) is 0 Å². The van der Waals surface area contributed by atoms with E-state index in [1.54, 1.807) is 44.0 Å². The molecule has 9 atom stereocenters. The van der Waals surface area contributed by atoms with Gasteiger partial charge in [-0.1, -0.05) is 71.4 Å². The fraction of sp³-hybridized carbons (Fsp3) is 0.675. The molecule has 54 heavy (non-hydrogen) atoms. The van der Waals surface area contributed by atoms with Crippen LogP contribution in [0.4, 0.5) is 4.39 Å². The predicted octanol–water partition coefficient (Wildman–Crippen LogP) is 4.09. The van der Waals surface area contributed by atoms with Gasteiger partial charge in [-0.2, -0.15) is 0 Å². The molecule has 3 amide bonds. The summed E-state index contributed by atoms with van der Waals surface area (Å²) in [6.45, 7) is 9.74. The number of rotatable bonds is 20. The van der Waals surface area contributed by atoms with Crippen molar-refractivity contribution in [2.75, 3.05) is 40.9 Å². The molecule has 4 rings (SSSR count). The average Bonchev–Trinajstić information content (AvgIpc) is 3.95. The standard InChI is InChI=1S/C40H61FN6O6S/c1-9-26(4)33(46(6)40(25(2)3,38(42)51)37(50)39(41)17-18-43-24-39)31(52-7)23-32(48)47-20-13-16-30(47)34(53-8)27(5)35(49)45-29(36-44-19-21-54-36)22-28-14-11-10-12-15-28/h10-12,14-15,19,21,25-27,29-31,33-34,43H,9,13,16-18,20,22-24H2,1-8H3,(H2,42,51)(H,45,49)/t26-,27+,29-,30-,31+,33-,34+,39-,40+/m0/s1. The number of methoxy groups -OCH3 is 2. The molecule has 0 aliphatic carbocycles. The number of primary amides is 1. The number of carbonyl (C=O) groups is 4. The summed E-state index contributed by atoms with van der Waals surface area (Å²) in [6, 6.07) is 8.56. The Hall–Kier alpha value is -3.30. The molecule has 2 saturated heterocycles. The van der Waals surface area contributed by atoms with Crippen LogP contribution >= 0.6 is 11.3 Å². The van der Waals surface area contributed by atoms with Gasteiger partial charge < -0.3 is 30.7 Å². The van der Waals surface area contributed by atoms with Gasteiger partial charge in [0.05, 0.1) is 36.6 Å². The number of nitrogens with one attached hydrogen (secondary N) is 2. The number of likely N-dealkylation sites (N-methyl/N-ethyl adjacent to an activating group) is 1. The first-order valence-electron chi connectivity index (χ1n) is 19.2. The maximum atomic E-state index is 16.3. The summed E-state index contributed by atoms with van der Waals surface area (Å²) in [4.78, 5) is 63.9. The second-order valence-corrected chi connectivity index (χ2v) is 16.3. The molecular weight excluding hydrogens is 712 g/mol. The Morgan fingerprint density at radius 3 is 2.41 bits per heavy atom. The molecule has 0 radical (unpaired) electrons. The number of benzene rings is 1. The highest BCUT2D eigenvalue weighted by atomic mass is 32.1. The van der Waals surface area contributed by atoms with E-state index in [9.17, 15) is 19.2 Å². The molecule has 2 aliphatic heterocycles. The third-order valence-corrected chi connectivity index (χ3v) is 12.8. The van der Waals surface area contributed by atoms with E-state index < -0.39 is 53.0 Å². The molecule has 2 aromatic rings. The van der Waals surface area contributed by atoms with E-state index in [1.165, 1.54) is 18.4 Å². The SMILES string of the molecule is CC[C@H](C)[C@@H]([C@@H](CC(=O)N1CCC[C@H]1[C@H](OC)[C@@H](C)C(=O)N[C@@H](Cc1ccccc1)c1nccs1)OC)N(C)[C@@](C(N)=O)(C(=O)[C@]1(F)CCNC1)C(C)C. The van der Waals surface area contributed by atoms with Crippen LogP contribution in [0.15, 0.2) is 41.9 Å². The zero-order valence-electron chi connectivity index (χ0n) is 33.2. The van der Waals surface area contributed by atoms with E-state index in [0.29, 0.717) is 32.4 Å². The Bertz CT molecular complexity index is 1540. The number of amides is 3. The number of alkyl halides is 1. The fourth-order valence-electron chi connectivity index (χ4n) is 8.75. The Morgan fingerprint density at radius 1 is 1.17 bits per heavy atom. The first kappa shape index (κ1) is 43.4. The number of Topliss-reactive ketones (excluding diaryl/α,β-unsaturated/α-hetero) is 1. The van der Waals surface area contributed by atoms with Crippen molar-refractivity contribution in [2.45, 2.75) is 115 Å². The zero-order chi connectivity index (χ0) is 39.8. The molecule has 1 aromatic heterocycles. The van der Waals surface area contributed by atoms with Gasteiger partial charge in [0.2, 0.25) is 23.5 Å². The van der Waals surface area contributed by atoms with Gasteiger partial charge in [-0.3, -0.25) is 24.1 Å². The van der Waals surface area contributed by atoms with Crippen LogP contribution in [0.2, 0.25) is 0 Å². The highest BCUT2D eigenvalue weighted by Gasteiger charge is 2.61. The molecule has 0 spiro atoms. The molecule has 0 unspecified atom stereocenters. The van der Waals surface area contributed by atoms with Crippen molar-refractivity contribution in [1.29, 1.82) is 0 Å². The molecule has 0 saturated carbocycles. The maximum absolute atomic E-state index is 16.3. The van der Waals surface area contributed by atoms with E-state index in [4.69, 9.17) is 15.2 Å². The summed E-state index contributed by atoms with van der Waals surface area (Å²) >= 11 is 1.48. The quantitative estimate of drug-likeness (QED) is 0.169. The lowest BCUT2D eigenvalue weighted by Gasteiger charge is -2.50. The molecule has 3 heterocycles. The van der Waals surface area contributed by atoms with Gasteiger partial charge in [-0.15, -0.1) is 11.3 Å². The van der Waals surface area contributed by atoms with E-state index in [2.05, 4.69) is 15.6 Å². The van der Waals surface area contributed by atoms with Crippen molar-refractivity contribution in [2.24, 2.45) is 23.5 Å². The number of hydrogen-bond donors (Lipinski definition) is 3. The average molecular weight is 773 g/mol. The van der Waals surface area contributed by atoms with E-state index >= 15 is 4.39 Å². The predicted molar refractivity (Wildman–Crippen MR) is 207 cm³/mol. The minimum absolute atomic E-state index is 0.0618. The Labute approximate surface area is 324 Å². The van der Waals surface area contributed by atoms with E-state index in [1.807, 2.05) is 56.5 Å². The molecule has 2 fully saturated rings. The smallest absolute Gasteiger partial charge is 0.246 e. The Kier molecular flexibility index (Phi) is 15.3. The first-order chi connectivity index (χ1) is 25.7. The number of hydrogen-bond acceptors (Lipinski definition) is 10. The number of aromatic nitrogens is 1. The number of nitrogens with zero attached hydrogens (tertiary/aromatic N) is 3. The molecule has 4 N–H and O–H groups in total. The zero-order valence-corrected chi connectivity index (χ0v) is 34.0. The highest BCUT2D eigenvalue weighted by molar-refractivity contribution is 7.09. The summed E-state index contributed by atoms with van der Waals surface area (Å²) in [5.41, 5.74) is 2.89. The van der Waals surface area contributed by atoms with Gasteiger partial charge in [0, 0.05) is 51.3 Å². The van der Waals surface area contributed by atoms with Gasteiger partial charge in [0.25, 0.3) is 0 Å². The normalized spacial score (nSPS) is 23.4. The van der Waals surface area contributed by atoms with Crippen molar-refractivity contribution in [3.8, 4) is 0 Å². The van der Waals surface area contributed by atoms with E-state index in [-0.39, 0.29) is 49.2 Å². The van der Waals surface area contributed by atoms with Crippen molar-refractivity contribution in [1.82, 2.24) is 25.4 Å². The van der Waals surface area contributed by atoms with Crippen LogP contribution in [0.5, 0.6) is 0 Å². The maximum Gasteiger partial charge on any atom is 0.246 e. The topological polar surface area (TPSA) is 156 Å². The van der Waals surface area contributed by atoms with Crippen LogP contribution in [0, 0.1) is 17.8 Å². The highest BCUT2D eigenvalue weighted by Crippen LogP contribution is 2.39. The van der Waals surface area contributed by atoms with Crippen molar-refractivity contribution in [3.63, 3.8) is 0 Å². The summed E-state index contributed by atoms with van der Waals surface area (Å²) < 4.78 is 28.3. The lowest BCUT2D eigenvalue weighted by molar-refractivity contribution is -0.161. The summed E-state index contributed by atoms with van der Waals surface area (Å²) in [6.07, 6.45) is 2.79.